The number of fused-ring (bicyclic) bond motifs is 3. The summed E-state index contributed by atoms with van der Waals surface area (Å²) in [6, 6.07) is 16.1. The summed E-state index contributed by atoms with van der Waals surface area (Å²) in [7, 11) is 0. The summed E-state index contributed by atoms with van der Waals surface area (Å²) in [4.78, 5) is 40.3. The number of nitrogens with one attached hydrogen (secondary N) is 2. The molecular formula is C24H20BrN3O5. The van der Waals surface area contributed by atoms with Gasteiger partial charge in [-0.25, -0.2) is 4.79 Å². The van der Waals surface area contributed by atoms with Crippen LogP contribution in [0.2, 0.25) is 0 Å². The van der Waals surface area contributed by atoms with Crippen molar-refractivity contribution in [2.75, 3.05) is 11.9 Å². The maximum Gasteiger partial charge on any atom is 0.407 e. The molecule has 1 aliphatic rings. The lowest BCUT2D eigenvalue weighted by molar-refractivity contribution is -0.139. The Morgan fingerprint density at radius 2 is 1.67 bits per heavy atom. The number of anilines is 1. The van der Waals surface area contributed by atoms with E-state index in [0.29, 0.717) is 10.2 Å². The van der Waals surface area contributed by atoms with Crippen LogP contribution < -0.4 is 10.6 Å². The minimum absolute atomic E-state index is 0.0528. The molecule has 1 unspecified atom stereocenters. The quantitative estimate of drug-likeness (QED) is 0.440. The van der Waals surface area contributed by atoms with Crippen LogP contribution in [0.1, 0.15) is 23.5 Å². The average molecular weight is 510 g/mol. The number of aromatic nitrogens is 1. The average Bonchev–Trinajstić information content (AvgIpc) is 3.12. The van der Waals surface area contributed by atoms with Crippen molar-refractivity contribution in [3.05, 3.63) is 82.6 Å². The van der Waals surface area contributed by atoms with Crippen LogP contribution in [0.25, 0.3) is 11.1 Å². The van der Waals surface area contributed by atoms with Crippen molar-refractivity contribution in [3.8, 4) is 11.1 Å². The number of nitrogens with zero attached hydrogens (tertiary/aromatic N) is 1. The zero-order valence-electron chi connectivity index (χ0n) is 17.3. The van der Waals surface area contributed by atoms with Crippen molar-refractivity contribution in [2.24, 2.45) is 0 Å². The minimum Gasteiger partial charge on any atom is -0.481 e. The summed E-state index contributed by atoms with van der Waals surface area (Å²) < 4.78 is 5.96. The van der Waals surface area contributed by atoms with Gasteiger partial charge in [-0.2, -0.15) is 0 Å². The predicted octanol–water partition coefficient (Wildman–Crippen LogP) is 4.16. The third-order valence-corrected chi connectivity index (χ3v) is 5.99. The Balaban J connectivity index is 1.43. The largest absolute Gasteiger partial charge is 0.481 e. The van der Waals surface area contributed by atoms with Gasteiger partial charge < -0.3 is 20.5 Å². The van der Waals surface area contributed by atoms with E-state index in [0.717, 1.165) is 22.3 Å². The van der Waals surface area contributed by atoms with Crippen LogP contribution in [0.4, 0.5) is 10.5 Å². The summed E-state index contributed by atoms with van der Waals surface area (Å²) >= 11 is 3.26. The van der Waals surface area contributed by atoms with Crippen LogP contribution in [0.5, 0.6) is 0 Å². The molecule has 1 aromatic heterocycles. The van der Waals surface area contributed by atoms with Gasteiger partial charge in [0.05, 0.1) is 16.6 Å². The van der Waals surface area contributed by atoms with Gasteiger partial charge in [-0.15, -0.1) is 0 Å². The Morgan fingerprint density at radius 3 is 2.27 bits per heavy atom. The minimum atomic E-state index is -1.32. The predicted molar refractivity (Wildman–Crippen MR) is 125 cm³/mol. The van der Waals surface area contributed by atoms with Crippen molar-refractivity contribution >= 4 is 39.6 Å². The first-order valence-electron chi connectivity index (χ1n) is 10.2. The molecule has 9 heteroatoms. The smallest absolute Gasteiger partial charge is 0.407 e. The number of carboxylic acid groups (broad SMARTS) is 1. The topological polar surface area (TPSA) is 118 Å². The van der Waals surface area contributed by atoms with Crippen molar-refractivity contribution in [3.63, 3.8) is 0 Å². The fourth-order valence-corrected chi connectivity index (χ4v) is 4.21. The zero-order chi connectivity index (χ0) is 23.4. The molecule has 1 heterocycles. The Morgan fingerprint density at radius 1 is 1.03 bits per heavy atom. The Labute approximate surface area is 198 Å². The molecule has 0 fully saturated rings. The van der Waals surface area contributed by atoms with Gasteiger partial charge in [0.25, 0.3) is 0 Å². The number of halogens is 1. The summed E-state index contributed by atoms with van der Waals surface area (Å²) in [5.41, 5.74) is 4.68. The highest BCUT2D eigenvalue weighted by Gasteiger charge is 2.30. The molecule has 1 atom stereocenters. The number of hydrogen-bond acceptors (Lipinski definition) is 5. The van der Waals surface area contributed by atoms with E-state index in [1.807, 2.05) is 48.5 Å². The number of hydrogen-bond donors (Lipinski definition) is 3. The van der Waals surface area contributed by atoms with E-state index in [9.17, 15) is 19.5 Å². The normalized spacial score (nSPS) is 12.9. The number of benzene rings is 2. The van der Waals surface area contributed by atoms with Crippen LogP contribution in [-0.4, -0.2) is 40.7 Å². The fraction of sp³-hybridized carbons (Fsp3) is 0.167. The maximum absolute atomic E-state index is 12.6. The molecule has 3 aromatic rings. The number of alkyl carbamates (subject to hydrolysis) is 1. The number of pyridine rings is 1. The van der Waals surface area contributed by atoms with Gasteiger partial charge in [-0.1, -0.05) is 48.5 Å². The molecule has 33 heavy (non-hydrogen) atoms. The molecule has 0 radical (unpaired) electrons. The first-order chi connectivity index (χ1) is 15.9. The second-order valence-electron chi connectivity index (χ2n) is 7.47. The number of carbonyl (C=O) groups excluding carboxylic acids is 2. The fourth-order valence-electron chi connectivity index (χ4n) is 3.86. The SMILES string of the molecule is O=C(O)CC(NC(=O)OCC1c2ccccc2-c2ccccc21)C(=O)Nc1ccncc1Br. The van der Waals surface area contributed by atoms with Crippen LogP contribution >= 0.6 is 15.9 Å². The first kappa shape index (κ1) is 22.5. The van der Waals surface area contributed by atoms with Gasteiger partial charge in [0, 0.05) is 18.3 Å². The molecule has 0 saturated carbocycles. The molecule has 2 aromatic carbocycles. The van der Waals surface area contributed by atoms with E-state index in [1.165, 1.54) is 12.4 Å². The zero-order valence-corrected chi connectivity index (χ0v) is 18.9. The number of aliphatic carboxylic acids is 1. The highest BCUT2D eigenvalue weighted by molar-refractivity contribution is 9.10. The molecule has 1 aliphatic carbocycles. The van der Waals surface area contributed by atoms with Gasteiger partial charge in [0.1, 0.15) is 12.6 Å². The van der Waals surface area contributed by atoms with Crippen molar-refractivity contribution in [1.29, 1.82) is 0 Å². The Kier molecular flexibility index (Phi) is 6.69. The summed E-state index contributed by atoms with van der Waals surface area (Å²) in [6.45, 7) is 0.0528. The van der Waals surface area contributed by atoms with Crippen LogP contribution in [0.15, 0.2) is 71.5 Å². The first-order valence-corrected chi connectivity index (χ1v) is 11.0. The molecule has 0 bridgehead atoms. The number of carboxylic acids is 1. The van der Waals surface area contributed by atoms with Gasteiger partial charge in [0.15, 0.2) is 0 Å². The van der Waals surface area contributed by atoms with Crippen molar-refractivity contribution in [1.82, 2.24) is 10.3 Å². The molecule has 4 rings (SSSR count). The number of carbonyl (C=O) groups is 3. The summed E-state index contributed by atoms with van der Waals surface area (Å²) in [6.07, 6.45) is 1.50. The maximum atomic E-state index is 12.6. The standard InChI is InChI=1S/C24H20BrN3O5/c25-19-12-26-10-9-20(19)27-23(31)21(11-22(29)30)28-24(32)33-13-18-16-7-3-1-5-14(16)15-6-2-4-8-17(15)18/h1-10,12,18,21H,11,13H2,(H,28,32)(H,29,30)(H,26,27,31). The highest BCUT2D eigenvalue weighted by Crippen LogP contribution is 2.44. The molecule has 0 spiro atoms. The molecule has 0 saturated heterocycles. The van der Waals surface area contributed by atoms with E-state index in [4.69, 9.17) is 4.74 Å². The van der Waals surface area contributed by atoms with Gasteiger partial charge in [0.2, 0.25) is 5.91 Å². The molecule has 2 amide bonds. The van der Waals surface area contributed by atoms with Crippen LogP contribution in [0, 0.1) is 0 Å². The lowest BCUT2D eigenvalue weighted by Crippen LogP contribution is -2.45. The van der Waals surface area contributed by atoms with Crippen molar-refractivity contribution < 1.29 is 24.2 Å². The van der Waals surface area contributed by atoms with E-state index in [1.54, 1.807) is 6.07 Å². The molecule has 0 aliphatic heterocycles. The van der Waals surface area contributed by atoms with Crippen molar-refractivity contribution in [2.45, 2.75) is 18.4 Å². The van der Waals surface area contributed by atoms with E-state index in [-0.39, 0.29) is 12.5 Å². The molecule has 3 N–H and O–H groups in total. The second-order valence-corrected chi connectivity index (χ2v) is 8.32. The van der Waals surface area contributed by atoms with E-state index in [2.05, 4.69) is 31.5 Å². The van der Waals surface area contributed by atoms with Gasteiger partial charge in [-0.05, 0) is 44.3 Å². The number of rotatable bonds is 7. The lowest BCUT2D eigenvalue weighted by atomic mass is 9.98. The molecule has 8 nitrogen and oxygen atoms in total. The third-order valence-electron chi connectivity index (χ3n) is 5.36. The lowest BCUT2D eigenvalue weighted by Gasteiger charge is -2.19. The molecule has 168 valence electrons. The monoisotopic (exact) mass is 509 g/mol. The second kappa shape index (κ2) is 9.83. The third kappa shape index (κ3) is 5.04. The Bertz CT molecular complexity index is 1170. The van der Waals surface area contributed by atoms with Gasteiger partial charge in [-0.3, -0.25) is 14.6 Å². The summed E-state index contributed by atoms with van der Waals surface area (Å²) in [5.74, 6) is -2.07. The van der Waals surface area contributed by atoms with Crippen LogP contribution in [-0.2, 0) is 14.3 Å². The van der Waals surface area contributed by atoms with Crippen LogP contribution in [0.3, 0.4) is 0 Å². The van der Waals surface area contributed by atoms with E-state index < -0.39 is 30.4 Å². The van der Waals surface area contributed by atoms with E-state index >= 15 is 0 Å². The highest BCUT2D eigenvalue weighted by atomic mass is 79.9. The molecular weight excluding hydrogens is 490 g/mol. The Hall–Kier alpha value is -3.72. The van der Waals surface area contributed by atoms with Gasteiger partial charge >= 0.3 is 12.1 Å². The number of ether oxygens (including phenoxy) is 1. The summed E-state index contributed by atoms with van der Waals surface area (Å²) in [5, 5.41) is 14.2. The number of amides is 2.